The van der Waals surface area contributed by atoms with Gasteiger partial charge in [0.05, 0.1) is 6.10 Å². The van der Waals surface area contributed by atoms with Gasteiger partial charge in [-0.2, -0.15) is 0 Å². The Morgan fingerprint density at radius 1 is 1.40 bits per heavy atom. The fourth-order valence-electron chi connectivity index (χ4n) is 2.44. The van der Waals surface area contributed by atoms with E-state index in [0.29, 0.717) is 16.9 Å². The fraction of sp³-hybridized carbons (Fsp3) is 1.00. The molecule has 0 spiro atoms. The number of nitrogens with one attached hydrogen (secondary N) is 1. The third-order valence-corrected chi connectivity index (χ3v) is 3.73. The van der Waals surface area contributed by atoms with Crippen LogP contribution >= 0.6 is 0 Å². The molecule has 0 radical (unpaired) electrons. The lowest BCUT2D eigenvalue weighted by Gasteiger charge is -2.34. The number of hydrogen-bond donors (Lipinski definition) is 1. The highest BCUT2D eigenvalue weighted by Gasteiger charge is 2.41. The van der Waals surface area contributed by atoms with Crippen LogP contribution in [0.5, 0.6) is 0 Å². The zero-order chi connectivity index (χ0) is 11.5. The molecule has 0 amide bonds. The van der Waals surface area contributed by atoms with Crippen molar-refractivity contribution in [3.05, 3.63) is 0 Å². The van der Waals surface area contributed by atoms with E-state index in [1.165, 1.54) is 19.3 Å². The largest absolute Gasteiger partial charge is 0.378 e. The van der Waals surface area contributed by atoms with Crippen LogP contribution in [-0.2, 0) is 4.74 Å². The van der Waals surface area contributed by atoms with E-state index < -0.39 is 0 Å². The van der Waals surface area contributed by atoms with Crippen molar-refractivity contribution >= 4 is 0 Å². The minimum absolute atomic E-state index is 0.377. The van der Waals surface area contributed by atoms with E-state index in [1.54, 1.807) is 0 Å². The molecule has 90 valence electrons. The molecule has 1 N–H and O–H groups in total. The maximum absolute atomic E-state index is 5.75. The van der Waals surface area contributed by atoms with Crippen molar-refractivity contribution in [2.45, 2.75) is 53.1 Å². The molecule has 2 nitrogen and oxygen atoms in total. The molecule has 2 heteroatoms. The van der Waals surface area contributed by atoms with Gasteiger partial charge in [-0.25, -0.2) is 0 Å². The van der Waals surface area contributed by atoms with Gasteiger partial charge in [0, 0.05) is 18.6 Å². The first-order valence-corrected chi connectivity index (χ1v) is 6.16. The molecule has 0 aromatic rings. The Morgan fingerprint density at radius 3 is 2.47 bits per heavy atom. The van der Waals surface area contributed by atoms with E-state index in [4.69, 9.17) is 4.74 Å². The summed E-state index contributed by atoms with van der Waals surface area (Å²) in [6.45, 7) is 11.2. The van der Waals surface area contributed by atoms with Gasteiger partial charge in [0.2, 0.25) is 0 Å². The summed E-state index contributed by atoms with van der Waals surface area (Å²) in [7, 11) is 2.05. The Kier molecular flexibility index (Phi) is 4.19. The lowest BCUT2D eigenvalue weighted by atomic mass is 9.73. The van der Waals surface area contributed by atoms with Gasteiger partial charge in [-0.1, -0.05) is 20.8 Å². The molecule has 0 bridgehead atoms. The zero-order valence-electron chi connectivity index (χ0n) is 11.0. The van der Waals surface area contributed by atoms with Crippen molar-refractivity contribution in [2.24, 2.45) is 10.8 Å². The molecule has 1 heterocycles. The highest BCUT2D eigenvalue weighted by molar-refractivity contribution is 4.91. The summed E-state index contributed by atoms with van der Waals surface area (Å²) in [6, 6.07) is 0. The molecule has 2 unspecified atom stereocenters. The van der Waals surface area contributed by atoms with Crippen molar-refractivity contribution in [3.8, 4) is 0 Å². The summed E-state index contributed by atoms with van der Waals surface area (Å²) in [5, 5.41) is 3.34. The number of ether oxygens (including phenoxy) is 1. The minimum Gasteiger partial charge on any atom is -0.378 e. The SMILES string of the molecule is CNCC1(CCC(C)(C)C)CCOC1C. The minimum atomic E-state index is 0.377. The van der Waals surface area contributed by atoms with E-state index >= 15 is 0 Å². The van der Waals surface area contributed by atoms with Crippen molar-refractivity contribution in [3.63, 3.8) is 0 Å². The first-order chi connectivity index (χ1) is 6.90. The van der Waals surface area contributed by atoms with Crippen LogP contribution < -0.4 is 5.32 Å². The van der Waals surface area contributed by atoms with Crippen LogP contribution in [0.2, 0.25) is 0 Å². The van der Waals surface area contributed by atoms with Gasteiger partial charge in [-0.05, 0) is 38.6 Å². The smallest absolute Gasteiger partial charge is 0.0616 e. The number of rotatable bonds is 4. The highest BCUT2D eigenvalue weighted by Crippen LogP contribution is 2.41. The monoisotopic (exact) mass is 213 g/mol. The second kappa shape index (κ2) is 4.84. The van der Waals surface area contributed by atoms with Crippen LogP contribution in [0.3, 0.4) is 0 Å². The molecule has 0 aliphatic carbocycles. The molecule has 0 aromatic carbocycles. The molecule has 1 aliphatic rings. The van der Waals surface area contributed by atoms with Gasteiger partial charge in [0.1, 0.15) is 0 Å². The average Bonchev–Trinajstić information content (AvgIpc) is 2.45. The summed E-state index contributed by atoms with van der Waals surface area (Å²) in [4.78, 5) is 0. The molecule has 1 aliphatic heterocycles. The van der Waals surface area contributed by atoms with Gasteiger partial charge in [0.15, 0.2) is 0 Å². The maximum atomic E-state index is 5.75. The molecular formula is C13H27NO. The highest BCUT2D eigenvalue weighted by atomic mass is 16.5. The lowest BCUT2D eigenvalue weighted by molar-refractivity contribution is 0.0532. The molecule has 1 fully saturated rings. The molecule has 2 atom stereocenters. The normalized spacial score (nSPS) is 32.2. The molecule has 1 rings (SSSR count). The summed E-state index contributed by atoms with van der Waals surface area (Å²) in [5.41, 5.74) is 0.811. The van der Waals surface area contributed by atoms with Gasteiger partial charge in [-0.15, -0.1) is 0 Å². The topological polar surface area (TPSA) is 21.3 Å². The number of hydrogen-bond acceptors (Lipinski definition) is 2. The van der Waals surface area contributed by atoms with Crippen LogP contribution in [0.15, 0.2) is 0 Å². The van der Waals surface area contributed by atoms with E-state index in [1.807, 2.05) is 7.05 Å². The Balaban J connectivity index is 2.58. The predicted molar refractivity (Wildman–Crippen MR) is 65.1 cm³/mol. The van der Waals surface area contributed by atoms with Crippen LogP contribution in [0.1, 0.15) is 47.0 Å². The summed E-state index contributed by atoms with van der Waals surface area (Å²) in [5.74, 6) is 0. The Bertz CT molecular complexity index is 197. The van der Waals surface area contributed by atoms with Crippen LogP contribution in [0, 0.1) is 10.8 Å². The van der Waals surface area contributed by atoms with E-state index in [-0.39, 0.29) is 0 Å². The molecular weight excluding hydrogens is 186 g/mol. The Hall–Kier alpha value is -0.0800. The molecule has 0 aromatic heterocycles. The summed E-state index contributed by atoms with van der Waals surface area (Å²) in [6.07, 6.45) is 4.18. The first kappa shape index (κ1) is 13.0. The zero-order valence-corrected chi connectivity index (χ0v) is 11.0. The Labute approximate surface area is 94.8 Å². The van der Waals surface area contributed by atoms with Crippen LogP contribution in [0.25, 0.3) is 0 Å². The van der Waals surface area contributed by atoms with Crippen molar-refractivity contribution in [1.82, 2.24) is 5.32 Å². The molecule has 1 saturated heterocycles. The third kappa shape index (κ3) is 3.46. The average molecular weight is 213 g/mol. The first-order valence-electron chi connectivity index (χ1n) is 6.16. The van der Waals surface area contributed by atoms with Crippen molar-refractivity contribution < 1.29 is 4.74 Å². The van der Waals surface area contributed by atoms with E-state index in [0.717, 1.165) is 13.2 Å². The lowest BCUT2D eigenvalue weighted by Crippen LogP contribution is -2.39. The fourth-order valence-corrected chi connectivity index (χ4v) is 2.44. The molecule has 0 saturated carbocycles. The quantitative estimate of drug-likeness (QED) is 0.775. The van der Waals surface area contributed by atoms with E-state index in [2.05, 4.69) is 33.0 Å². The molecule has 15 heavy (non-hydrogen) atoms. The standard InChI is InChI=1S/C13H27NO/c1-11-13(10-14-5,8-9-15-11)7-6-12(2,3)4/h11,14H,6-10H2,1-5H3. The predicted octanol–water partition coefficient (Wildman–Crippen LogP) is 2.83. The van der Waals surface area contributed by atoms with Gasteiger partial charge in [0.25, 0.3) is 0 Å². The van der Waals surface area contributed by atoms with Crippen LogP contribution in [0.4, 0.5) is 0 Å². The second-order valence-corrected chi connectivity index (χ2v) is 6.22. The van der Waals surface area contributed by atoms with Gasteiger partial charge < -0.3 is 10.1 Å². The van der Waals surface area contributed by atoms with E-state index in [9.17, 15) is 0 Å². The third-order valence-electron chi connectivity index (χ3n) is 3.73. The van der Waals surface area contributed by atoms with Gasteiger partial charge >= 0.3 is 0 Å². The summed E-state index contributed by atoms with van der Waals surface area (Å²) >= 11 is 0. The second-order valence-electron chi connectivity index (χ2n) is 6.22. The maximum Gasteiger partial charge on any atom is 0.0616 e. The van der Waals surface area contributed by atoms with Crippen molar-refractivity contribution in [1.29, 1.82) is 0 Å². The Morgan fingerprint density at radius 2 is 2.07 bits per heavy atom. The van der Waals surface area contributed by atoms with Crippen molar-refractivity contribution in [2.75, 3.05) is 20.2 Å². The van der Waals surface area contributed by atoms with Gasteiger partial charge in [-0.3, -0.25) is 0 Å². The van der Waals surface area contributed by atoms with Crippen LogP contribution in [-0.4, -0.2) is 26.3 Å². The summed E-state index contributed by atoms with van der Waals surface area (Å²) < 4.78 is 5.75.